The molecule has 168 valence electrons. The number of rotatable bonds is 8. The van der Waals surface area contributed by atoms with E-state index in [1.807, 2.05) is 44.2 Å². The normalized spacial score (nSPS) is 12.1. The maximum atomic E-state index is 13.4. The molecule has 0 aliphatic heterocycles. The highest BCUT2D eigenvalue weighted by molar-refractivity contribution is 7.92. The van der Waals surface area contributed by atoms with Gasteiger partial charge in [-0.2, -0.15) is 0 Å². The van der Waals surface area contributed by atoms with E-state index < -0.39 is 15.9 Å². The molecule has 0 saturated heterocycles. The molecule has 0 aliphatic rings. The topological polar surface area (TPSA) is 75.7 Å². The van der Waals surface area contributed by atoms with Crippen molar-refractivity contribution in [3.8, 4) is 5.75 Å². The average Bonchev–Trinajstić information content (AvgIpc) is 2.77. The van der Waals surface area contributed by atoms with Crippen LogP contribution in [0.4, 0.5) is 5.69 Å². The Morgan fingerprint density at radius 3 is 2.41 bits per heavy atom. The summed E-state index contributed by atoms with van der Waals surface area (Å²) in [6.07, 6.45) is 0. The monoisotopic (exact) mass is 472 g/mol. The largest absolute Gasteiger partial charge is 0.496 e. The van der Waals surface area contributed by atoms with Gasteiger partial charge in [-0.15, -0.1) is 0 Å². The van der Waals surface area contributed by atoms with Crippen molar-refractivity contribution in [1.29, 1.82) is 0 Å². The summed E-state index contributed by atoms with van der Waals surface area (Å²) < 4.78 is 33.3. The number of anilines is 1. The minimum atomic E-state index is -4.01. The molecule has 0 aromatic heterocycles. The number of halogens is 1. The molecule has 3 aromatic carbocycles. The predicted octanol–water partition coefficient (Wildman–Crippen LogP) is 4.73. The van der Waals surface area contributed by atoms with Crippen LogP contribution in [0.2, 0.25) is 5.02 Å². The van der Waals surface area contributed by atoms with E-state index in [-0.39, 0.29) is 17.5 Å². The molecule has 32 heavy (non-hydrogen) atoms. The summed E-state index contributed by atoms with van der Waals surface area (Å²) >= 11 is 5.92. The maximum absolute atomic E-state index is 13.4. The molecule has 0 radical (unpaired) electrons. The zero-order chi connectivity index (χ0) is 23.3. The lowest BCUT2D eigenvalue weighted by molar-refractivity contribution is -0.120. The van der Waals surface area contributed by atoms with Crippen LogP contribution in [-0.4, -0.2) is 28.0 Å². The minimum absolute atomic E-state index is 0.0500. The van der Waals surface area contributed by atoms with E-state index in [9.17, 15) is 13.2 Å². The highest BCUT2D eigenvalue weighted by Crippen LogP contribution is 2.27. The van der Waals surface area contributed by atoms with Gasteiger partial charge in [-0.25, -0.2) is 8.42 Å². The molecule has 6 nitrogen and oxygen atoms in total. The van der Waals surface area contributed by atoms with Gasteiger partial charge in [-0.05, 0) is 61.9 Å². The molecule has 0 unspecified atom stereocenters. The number of ether oxygens (including phenoxy) is 1. The van der Waals surface area contributed by atoms with E-state index >= 15 is 0 Å². The molecule has 0 saturated carbocycles. The van der Waals surface area contributed by atoms with Crippen molar-refractivity contribution in [1.82, 2.24) is 5.32 Å². The summed E-state index contributed by atoms with van der Waals surface area (Å²) in [7, 11) is -2.45. The lowest BCUT2D eigenvalue weighted by Gasteiger charge is -2.25. The number of methoxy groups -OCH3 is 1. The Morgan fingerprint density at radius 1 is 1.06 bits per heavy atom. The van der Waals surface area contributed by atoms with Crippen LogP contribution in [0.15, 0.2) is 77.7 Å². The van der Waals surface area contributed by atoms with E-state index in [1.54, 1.807) is 25.3 Å². The fraction of sp³-hybridized carbons (Fsp3) is 0.208. The van der Waals surface area contributed by atoms with E-state index in [1.165, 1.54) is 24.3 Å². The Bertz CT molecular complexity index is 1200. The Labute approximate surface area is 193 Å². The first-order valence-corrected chi connectivity index (χ1v) is 11.8. The Balaban J connectivity index is 1.90. The van der Waals surface area contributed by atoms with E-state index in [2.05, 4.69) is 5.32 Å². The zero-order valence-corrected chi connectivity index (χ0v) is 19.7. The molecular formula is C24H25ClN2O4S. The molecule has 0 aliphatic carbocycles. The molecule has 3 aromatic rings. The van der Waals surface area contributed by atoms with Crippen LogP contribution < -0.4 is 14.4 Å². The lowest BCUT2D eigenvalue weighted by atomic mass is 10.1. The summed E-state index contributed by atoms with van der Waals surface area (Å²) in [5, 5.41) is 3.30. The van der Waals surface area contributed by atoms with Crippen molar-refractivity contribution in [2.75, 3.05) is 18.0 Å². The van der Waals surface area contributed by atoms with Gasteiger partial charge >= 0.3 is 0 Å². The second-order valence-corrected chi connectivity index (χ2v) is 9.63. The third-order valence-corrected chi connectivity index (χ3v) is 7.00. The van der Waals surface area contributed by atoms with Crippen LogP contribution in [-0.2, 0) is 14.8 Å². The number of carbonyl (C=O) groups is 1. The lowest BCUT2D eigenvalue weighted by Crippen LogP contribution is -2.41. The molecule has 1 atom stereocenters. The van der Waals surface area contributed by atoms with Crippen LogP contribution in [0.25, 0.3) is 0 Å². The Morgan fingerprint density at radius 2 is 1.75 bits per heavy atom. The predicted molar refractivity (Wildman–Crippen MR) is 127 cm³/mol. The number of aryl methyl sites for hydroxylation is 1. The van der Waals surface area contributed by atoms with Crippen molar-refractivity contribution in [2.24, 2.45) is 0 Å². The van der Waals surface area contributed by atoms with E-state index in [4.69, 9.17) is 16.3 Å². The fourth-order valence-corrected chi connectivity index (χ4v) is 4.89. The van der Waals surface area contributed by atoms with Gasteiger partial charge in [0.05, 0.1) is 23.7 Å². The molecule has 1 N–H and O–H groups in total. The molecule has 0 bridgehead atoms. The smallest absolute Gasteiger partial charge is 0.264 e. The van der Waals surface area contributed by atoms with Crippen LogP contribution in [0.3, 0.4) is 0 Å². The molecule has 8 heteroatoms. The van der Waals surface area contributed by atoms with Gasteiger partial charge in [-0.3, -0.25) is 9.10 Å². The SMILES string of the molecule is COc1ccccc1[C@@H](C)NC(=O)CN(c1cccc(C)c1)S(=O)(=O)c1ccc(Cl)cc1. The highest BCUT2D eigenvalue weighted by Gasteiger charge is 2.28. The number of nitrogens with one attached hydrogen (secondary N) is 1. The second kappa shape index (κ2) is 10.1. The number of amides is 1. The Hall–Kier alpha value is -3.03. The van der Waals surface area contributed by atoms with Crippen LogP contribution in [0.1, 0.15) is 24.1 Å². The van der Waals surface area contributed by atoms with Gasteiger partial charge in [0.1, 0.15) is 12.3 Å². The standard InChI is InChI=1S/C24H25ClN2O4S/c1-17-7-6-8-20(15-17)27(32(29,30)21-13-11-19(25)12-14-21)16-24(28)26-18(2)22-9-4-5-10-23(22)31-3/h4-15,18H,16H2,1-3H3,(H,26,28)/t18-/m1/s1. The van der Waals surface area contributed by atoms with Crippen molar-refractivity contribution >= 4 is 33.2 Å². The fourth-order valence-electron chi connectivity index (χ4n) is 3.35. The van der Waals surface area contributed by atoms with Gasteiger partial charge in [0.25, 0.3) is 10.0 Å². The number of hydrogen-bond acceptors (Lipinski definition) is 4. The summed E-state index contributed by atoms with van der Waals surface area (Å²) in [6, 6.07) is 19.8. The summed E-state index contributed by atoms with van der Waals surface area (Å²) in [4.78, 5) is 13.0. The average molecular weight is 473 g/mol. The molecule has 0 fully saturated rings. The summed E-state index contributed by atoms with van der Waals surface area (Å²) in [5.74, 6) is 0.201. The summed E-state index contributed by atoms with van der Waals surface area (Å²) in [5.41, 5.74) is 2.08. The maximum Gasteiger partial charge on any atom is 0.264 e. The van der Waals surface area contributed by atoms with Crippen LogP contribution in [0.5, 0.6) is 5.75 Å². The third-order valence-electron chi connectivity index (χ3n) is 4.96. The quantitative estimate of drug-likeness (QED) is 0.514. The van der Waals surface area contributed by atoms with Crippen molar-refractivity contribution < 1.29 is 17.9 Å². The van der Waals surface area contributed by atoms with Crippen LogP contribution in [0, 0.1) is 6.92 Å². The summed E-state index contributed by atoms with van der Waals surface area (Å²) in [6.45, 7) is 3.30. The number of nitrogens with zero attached hydrogens (tertiary/aromatic N) is 1. The van der Waals surface area contributed by atoms with Gasteiger partial charge < -0.3 is 10.1 Å². The molecule has 0 spiro atoms. The number of para-hydroxylation sites is 1. The first kappa shape index (κ1) is 23.6. The van der Waals surface area contributed by atoms with E-state index in [0.717, 1.165) is 15.4 Å². The number of benzene rings is 3. The Kier molecular flexibility index (Phi) is 7.43. The van der Waals surface area contributed by atoms with Crippen molar-refractivity contribution in [3.05, 3.63) is 88.9 Å². The number of sulfonamides is 1. The first-order valence-electron chi connectivity index (χ1n) is 9.99. The third kappa shape index (κ3) is 5.41. The molecule has 3 rings (SSSR count). The first-order chi connectivity index (χ1) is 15.2. The van der Waals surface area contributed by atoms with Crippen molar-refractivity contribution in [3.63, 3.8) is 0 Å². The van der Waals surface area contributed by atoms with Gasteiger partial charge in [0, 0.05) is 10.6 Å². The van der Waals surface area contributed by atoms with Gasteiger partial charge in [0.15, 0.2) is 0 Å². The van der Waals surface area contributed by atoms with E-state index in [0.29, 0.717) is 16.5 Å². The molecule has 0 heterocycles. The van der Waals surface area contributed by atoms with Crippen molar-refractivity contribution in [2.45, 2.75) is 24.8 Å². The van der Waals surface area contributed by atoms with Crippen LogP contribution >= 0.6 is 11.6 Å². The minimum Gasteiger partial charge on any atom is -0.496 e. The highest BCUT2D eigenvalue weighted by atomic mass is 35.5. The number of hydrogen-bond donors (Lipinski definition) is 1. The van der Waals surface area contributed by atoms with Gasteiger partial charge in [0.2, 0.25) is 5.91 Å². The second-order valence-electron chi connectivity index (χ2n) is 7.34. The molecule has 1 amide bonds. The molecular weight excluding hydrogens is 448 g/mol. The zero-order valence-electron chi connectivity index (χ0n) is 18.1. The van der Waals surface area contributed by atoms with Gasteiger partial charge in [-0.1, -0.05) is 41.9 Å². The number of carbonyl (C=O) groups excluding carboxylic acids is 1.